The fourth-order valence-electron chi connectivity index (χ4n) is 3.82. The molecule has 1 saturated carbocycles. The molecular weight excluding hydrogens is 305 g/mol. The lowest BCUT2D eigenvalue weighted by Crippen LogP contribution is -2.47. The summed E-state index contributed by atoms with van der Waals surface area (Å²) in [4.78, 5) is 15.2. The van der Waals surface area contributed by atoms with E-state index in [0.29, 0.717) is 5.39 Å². The van der Waals surface area contributed by atoms with Crippen LogP contribution in [0.15, 0.2) is 30.5 Å². The van der Waals surface area contributed by atoms with Gasteiger partial charge in [0.15, 0.2) is 0 Å². The molecule has 128 valence electrons. The van der Waals surface area contributed by atoms with Gasteiger partial charge in [0.05, 0.1) is 11.1 Å². The Bertz CT molecular complexity index is 759. The van der Waals surface area contributed by atoms with Crippen molar-refractivity contribution in [2.75, 3.05) is 19.6 Å². The summed E-state index contributed by atoms with van der Waals surface area (Å²) >= 11 is 0. The molecule has 1 aliphatic carbocycles. The minimum Gasteiger partial charge on any atom is -0.348 e. The van der Waals surface area contributed by atoms with Crippen LogP contribution < -0.4 is 5.32 Å². The SMILES string of the molecule is CC(C(=O)NC1(CN2CCCC2)CC1)n1ccc2c(F)cccc21. The minimum absolute atomic E-state index is 0.0217. The van der Waals surface area contributed by atoms with E-state index in [4.69, 9.17) is 0 Å². The standard InChI is InChI=1S/C19H24FN3O/c1-14(23-12-7-15-16(20)5-4-6-17(15)23)18(24)21-19(8-9-19)13-22-10-2-3-11-22/h4-7,12,14H,2-3,8-11,13H2,1H3,(H,21,24). The topological polar surface area (TPSA) is 37.3 Å². The third-order valence-electron chi connectivity index (χ3n) is 5.47. The Hall–Kier alpha value is -1.88. The highest BCUT2D eigenvalue weighted by molar-refractivity contribution is 5.86. The fourth-order valence-corrected chi connectivity index (χ4v) is 3.82. The van der Waals surface area contributed by atoms with Gasteiger partial charge < -0.3 is 14.8 Å². The van der Waals surface area contributed by atoms with Crippen LogP contribution in [0, 0.1) is 5.82 Å². The molecule has 1 unspecified atom stereocenters. The molecular formula is C19H24FN3O. The van der Waals surface area contributed by atoms with Crippen molar-refractivity contribution in [1.82, 2.24) is 14.8 Å². The molecule has 1 aliphatic heterocycles. The number of rotatable bonds is 5. The first-order valence-electron chi connectivity index (χ1n) is 8.87. The van der Waals surface area contributed by atoms with Gasteiger partial charge in [0.25, 0.3) is 0 Å². The van der Waals surface area contributed by atoms with E-state index in [9.17, 15) is 9.18 Å². The molecule has 5 heteroatoms. The van der Waals surface area contributed by atoms with E-state index in [0.717, 1.165) is 38.0 Å². The maximum absolute atomic E-state index is 13.9. The van der Waals surface area contributed by atoms with Crippen LogP contribution in [0.2, 0.25) is 0 Å². The van der Waals surface area contributed by atoms with Gasteiger partial charge in [0.1, 0.15) is 11.9 Å². The molecule has 4 nitrogen and oxygen atoms in total. The minimum atomic E-state index is -0.347. The number of aromatic nitrogens is 1. The highest BCUT2D eigenvalue weighted by atomic mass is 19.1. The molecule has 24 heavy (non-hydrogen) atoms. The zero-order chi connectivity index (χ0) is 16.7. The van der Waals surface area contributed by atoms with Crippen molar-refractivity contribution >= 4 is 16.8 Å². The third kappa shape index (κ3) is 2.81. The predicted octanol–water partition coefficient (Wildman–Crippen LogP) is 3.09. The number of hydrogen-bond acceptors (Lipinski definition) is 2. The first-order chi connectivity index (χ1) is 11.6. The molecule has 2 fully saturated rings. The van der Waals surface area contributed by atoms with Crippen molar-refractivity contribution in [3.05, 3.63) is 36.3 Å². The van der Waals surface area contributed by atoms with Gasteiger partial charge in [-0.2, -0.15) is 0 Å². The number of likely N-dealkylation sites (tertiary alicyclic amines) is 1. The third-order valence-corrected chi connectivity index (χ3v) is 5.47. The lowest BCUT2D eigenvalue weighted by atomic mass is 10.2. The summed E-state index contributed by atoms with van der Waals surface area (Å²) in [6.45, 7) is 5.14. The van der Waals surface area contributed by atoms with Crippen molar-refractivity contribution in [2.24, 2.45) is 0 Å². The van der Waals surface area contributed by atoms with Gasteiger partial charge in [-0.1, -0.05) is 6.07 Å². The van der Waals surface area contributed by atoms with Crippen molar-refractivity contribution in [3.63, 3.8) is 0 Å². The quantitative estimate of drug-likeness (QED) is 0.915. The van der Waals surface area contributed by atoms with Crippen molar-refractivity contribution in [1.29, 1.82) is 0 Å². The molecule has 2 aliphatic rings. The van der Waals surface area contributed by atoms with Gasteiger partial charge in [-0.15, -0.1) is 0 Å². The van der Waals surface area contributed by atoms with E-state index in [1.165, 1.54) is 18.9 Å². The van der Waals surface area contributed by atoms with Crippen molar-refractivity contribution in [3.8, 4) is 0 Å². The van der Waals surface area contributed by atoms with Gasteiger partial charge in [0.2, 0.25) is 5.91 Å². The molecule has 1 N–H and O–H groups in total. The van der Waals surface area contributed by atoms with E-state index >= 15 is 0 Å². The van der Waals surface area contributed by atoms with Crippen LogP contribution in [-0.2, 0) is 4.79 Å². The molecule has 1 amide bonds. The number of carbonyl (C=O) groups is 1. The molecule has 2 aromatic rings. The number of amides is 1. The number of fused-ring (bicyclic) bond motifs is 1. The molecule has 1 atom stereocenters. The number of carbonyl (C=O) groups excluding carboxylic acids is 1. The van der Waals surface area contributed by atoms with Crippen LogP contribution in [0.4, 0.5) is 4.39 Å². The Labute approximate surface area is 141 Å². The van der Waals surface area contributed by atoms with E-state index in [-0.39, 0.29) is 23.3 Å². The second-order valence-corrected chi connectivity index (χ2v) is 7.32. The van der Waals surface area contributed by atoms with Gasteiger partial charge in [0, 0.05) is 18.1 Å². The zero-order valence-corrected chi connectivity index (χ0v) is 14.1. The Morgan fingerprint density at radius 1 is 1.29 bits per heavy atom. The highest BCUT2D eigenvalue weighted by Gasteiger charge is 2.46. The van der Waals surface area contributed by atoms with E-state index in [1.807, 2.05) is 17.6 Å². The Morgan fingerprint density at radius 3 is 2.75 bits per heavy atom. The first-order valence-corrected chi connectivity index (χ1v) is 8.87. The van der Waals surface area contributed by atoms with Gasteiger partial charge in [-0.05, 0) is 63.9 Å². The average molecular weight is 329 g/mol. The molecule has 0 radical (unpaired) electrons. The monoisotopic (exact) mass is 329 g/mol. The van der Waals surface area contributed by atoms with Crippen LogP contribution >= 0.6 is 0 Å². The average Bonchev–Trinajstić information content (AvgIpc) is 2.98. The maximum Gasteiger partial charge on any atom is 0.243 e. The van der Waals surface area contributed by atoms with Gasteiger partial charge >= 0.3 is 0 Å². The summed E-state index contributed by atoms with van der Waals surface area (Å²) in [5.74, 6) is -0.222. The Morgan fingerprint density at radius 2 is 2.04 bits per heavy atom. The van der Waals surface area contributed by atoms with Crippen molar-refractivity contribution in [2.45, 2.75) is 44.2 Å². The van der Waals surface area contributed by atoms with E-state index in [1.54, 1.807) is 18.3 Å². The molecule has 1 saturated heterocycles. The number of hydrogen-bond donors (Lipinski definition) is 1. The van der Waals surface area contributed by atoms with Crippen LogP contribution in [0.1, 0.15) is 38.6 Å². The Balaban J connectivity index is 1.48. The summed E-state index contributed by atoms with van der Waals surface area (Å²) in [5, 5.41) is 3.83. The molecule has 1 aromatic heterocycles. The van der Waals surface area contributed by atoms with Crippen LogP contribution in [-0.4, -0.2) is 40.5 Å². The maximum atomic E-state index is 13.9. The molecule has 4 rings (SSSR count). The second-order valence-electron chi connectivity index (χ2n) is 7.32. The highest BCUT2D eigenvalue weighted by Crippen LogP contribution is 2.37. The summed E-state index contributed by atoms with van der Waals surface area (Å²) in [7, 11) is 0. The smallest absolute Gasteiger partial charge is 0.243 e. The molecule has 0 spiro atoms. The number of nitrogens with one attached hydrogen (secondary N) is 1. The fraction of sp³-hybridized carbons (Fsp3) is 0.526. The van der Waals surface area contributed by atoms with Crippen molar-refractivity contribution < 1.29 is 9.18 Å². The van der Waals surface area contributed by atoms with Crippen LogP contribution in [0.3, 0.4) is 0 Å². The van der Waals surface area contributed by atoms with Gasteiger partial charge in [-0.3, -0.25) is 4.79 Å². The van der Waals surface area contributed by atoms with E-state index in [2.05, 4.69) is 10.2 Å². The summed E-state index contributed by atoms with van der Waals surface area (Å²) < 4.78 is 15.7. The second kappa shape index (κ2) is 5.88. The molecule has 1 aromatic carbocycles. The number of benzene rings is 1. The molecule has 2 heterocycles. The normalized spacial score (nSPS) is 21.1. The summed E-state index contributed by atoms with van der Waals surface area (Å²) in [5.41, 5.74) is 0.728. The summed E-state index contributed by atoms with van der Waals surface area (Å²) in [6.07, 6.45) is 6.45. The largest absolute Gasteiger partial charge is 0.348 e. The van der Waals surface area contributed by atoms with Gasteiger partial charge in [-0.25, -0.2) is 4.39 Å². The predicted molar refractivity (Wildman–Crippen MR) is 92.4 cm³/mol. The lowest BCUT2D eigenvalue weighted by Gasteiger charge is -2.26. The van der Waals surface area contributed by atoms with Crippen LogP contribution in [0.5, 0.6) is 0 Å². The first kappa shape index (κ1) is 15.6. The van der Waals surface area contributed by atoms with Crippen LogP contribution in [0.25, 0.3) is 10.9 Å². The van der Waals surface area contributed by atoms with E-state index < -0.39 is 0 Å². The lowest BCUT2D eigenvalue weighted by molar-refractivity contribution is -0.124. The number of halogens is 1. The summed E-state index contributed by atoms with van der Waals surface area (Å²) in [6, 6.07) is 6.40. The zero-order valence-electron chi connectivity index (χ0n) is 14.1. The number of nitrogens with zero attached hydrogens (tertiary/aromatic N) is 2. The molecule has 0 bridgehead atoms. The Kier molecular flexibility index (Phi) is 3.83.